The van der Waals surface area contributed by atoms with Gasteiger partial charge in [-0.15, -0.1) is 0 Å². The molecule has 5 N–H and O–H groups in total. The summed E-state index contributed by atoms with van der Waals surface area (Å²) in [5.41, 5.74) is 0. The number of hydrogen-bond donors (Lipinski definition) is 5. The topological polar surface area (TPSA) is 110 Å². The maximum atomic E-state index is 9.40. The molecule has 78 valence electrons. The molecule has 6 nitrogen and oxygen atoms in total. The molecule has 1 unspecified atom stereocenters. The van der Waals surface area contributed by atoms with Crippen LogP contribution >= 0.6 is 0 Å². The highest BCUT2D eigenvalue weighted by atomic mass is 16.6. The summed E-state index contributed by atoms with van der Waals surface area (Å²) in [4.78, 5) is 0. The van der Waals surface area contributed by atoms with E-state index in [2.05, 4.69) is 4.74 Å². The van der Waals surface area contributed by atoms with Gasteiger partial charge in [0.15, 0.2) is 6.29 Å². The molecule has 0 radical (unpaired) electrons. The van der Waals surface area contributed by atoms with Gasteiger partial charge in [-0.05, 0) is 0 Å². The molecule has 0 amide bonds. The molecule has 0 spiro atoms. The molecule has 0 aliphatic carbocycles. The van der Waals surface area contributed by atoms with Gasteiger partial charge < -0.3 is 30.3 Å². The van der Waals surface area contributed by atoms with Crippen LogP contribution in [0.25, 0.3) is 0 Å². The monoisotopic (exact) mass is 194 g/mol. The van der Waals surface area contributed by atoms with Gasteiger partial charge in [-0.2, -0.15) is 0 Å². The summed E-state index contributed by atoms with van der Waals surface area (Å²) in [6.07, 6.45) is -4.94. The number of aliphatic hydroxyl groups is 5. The van der Waals surface area contributed by atoms with Crippen LogP contribution in [0.5, 0.6) is 0 Å². The molecule has 1 fully saturated rings. The molecule has 13 heavy (non-hydrogen) atoms. The van der Waals surface area contributed by atoms with E-state index in [1.165, 1.54) is 0 Å². The van der Waals surface area contributed by atoms with E-state index in [1.807, 2.05) is 0 Å². The van der Waals surface area contributed by atoms with Crippen molar-refractivity contribution < 1.29 is 30.3 Å². The first-order valence-electron chi connectivity index (χ1n) is 4.03. The van der Waals surface area contributed by atoms with E-state index in [0.717, 1.165) is 0 Å². The summed E-state index contributed by atoms with van der Waals surface area (Å²) in [6, 6.07) is 0. The van der Waals surface area contributed by atoms with Crippen molar-refractivity contribution in [2.75, 3.05) is 13.2 Å². The van der Waals surface area contributed by atoms with Crippen LogP contribution in [0.3, 0.4) is 0 Å². The first-order valence-corrected chi connectivity index (χ1v) is 4.03. The van der Waals surface area contributed by atoms with Crippen molar-refractivity contribution in [3.8, 4) is 0 Å². The molecule has 0 aromatic carbocycles. The zero-order valence-electron chi connectivity index (χ0n) is 6.95. The predicted molar refractivity (Wildman–Crippen MR) is 40.6 cm³/mol. The molecule has 1 saturated heterocycles. The Labute approximate surface area is 75.0 Å². The molecule has 1 rings (SSSR count). The van der Waals surface area contributed by atoms with Gasteiger partial charge >= 0.3 is 0 Å². The number of aliphatic hydroxyl groups excluding tert-OH is 5. The van der Waals surface area contributed by atoms with Crippen molar-refractivity contribution in [2.24, 2.45) is 5.92 Å². The molecule has 1 aliphatic heterocycles. The Hall–Kier alpha value is -0.240. The van der Waals surface area contributed by atoms with Gasteiger partial charge in [0.25, 0.3) is 0 Å². The van der Waals surface area contributed by atoms with Gasteiger partial charge in [-0.3, -0.25) is 0 Å². The lowest BCUT2D eigenvalue weighted by Gasteiger charge is -2.39. The first-order chi connectivity index (χ1) is 6.11. The van der Waals surface area contributed by atoms with Crippen molar-refractivity contribution in [1.29, 1.82) is 0 Å². The van der Waals surface area contributed by atoms with Gasteiger partial charge in [-0.1, -0.05) is 0 Å². The largest absolute Gasteiger partial charge is 0.396 e. The van der Waals surface area contributed by atoms with Crippen LogP contribution in [0.1, 0.15) is 0 Å². The van der Waals surface area contributed by atoms with E-state index >= 15 is 0 Å². The molecule has 6 heteroatoms. The second kappa shape index (κ2) is 4.32. The summed E-state index contributed by atoms with van der Waals surface area (Å²) in [5.74, 6) is -0.888. The van der Waals surface area contributed by atoms with Crippen LogP contribution in [0.15, 0.2) is 0 Å². The standard InChI is InChI=1S/C7H14O6/c8-1-3-5(10)4(2-9)13-7(12)6(3)11/h3-12H,1-2H2/t3-,4+,5+,6-,7?/m0/s1. The fourth-order valence-electron chi connectivity index (χ4n) is 1.40. The fourth-order valence-corrected chi connectivity index (χ4v) is 1.40. The second-order valence-corrected chi connectivity index (χ2v) is 3.08. The van der Waals surface area contributed by atoms with Crippen molar-refractivity contribution >= 4 is 0 Å². The SMILES string of the molecule is OC[C@H]1[C@@H](O)[C@@H](CO)OC(O)[C@H]1O. The Morgan fingerprint density at radius 1 is 0.923 bits per heavy atom. The molecule has 0 saturated carbocycles. The molecule has 0 aromatic rings. The highest BCUT2D eigenvalue weighted by Crippen LogP contribution is 2.24. The summed E-state index contributed by atoms with van der Waals surface area (Å²) in [6.45, 7) is -0.944. The van der Waals surface area contributed by atoms with E-state index in [0.29, 0.717) is 0 Å². The Bertz CT molecular complexity index is 163. The lowest BCUT2D eigenvalue weighted by molar-refractivity contribution is -0.277. The minimum atomic E-state index is -1.47. The third-order valence-corrected chi connectivity index (χ3v) is 2.26. The van der Waals surface area contributed by atoms with Crippen LogP contribution in [-0.4, -0.2) is 63.3 Å². The number of hydrogen-bond acceptors (Lipinski definition) is 6. The van der Waals surface area contributed by atoms with Gasteiger partial charge in [0, 0.05) is 5.92 Å². The average Bonchev–Trinajstić information content (AvgIpc) is 2.12. The van der Waals surface area contributed by atoms with Crippen LogP contribution < -0.4 is 0 Å². The van der Waals surface area contributed by atoms with Crippen LogP contribution in [0, 0.1) is 5.92 Å². The predicted octanol–water partition coefficient (Wildman–Crippen LogP) is -2.97. The van der Waals surface area contributed by atoms with Gasteiger partial charge in [-0.25, -0.2) is 0 Å². The smallest absolute Gasteiger partial charge is 0.181 e. The van der Waals surface area contributed by atoms with Crippen LogP contribution in [-0.2, 0) is 4.74 Å². The Morgan fingerprint density at radius 2 is 1.54 bits per heavy atom. The molecule has 1 aliphatic rings. The Kier molecular flexibility index (Phi) is 3.60. The molecular weight excluding hydrogens is 180 g/mol. The summed E-state index contributed by atoms with van der Waals surface area (Å²) in [7, 11) is 0. The lowest BCUT2D eigenvalue weighted by Crippen LogP contribution is -2.56. The third kappa shape index (κ3) is 1.98. The number of rotatable bonds is 2. The van der Waals surface area contributed by atoms with E-state index in [1.54, 1.807) is 0 Å². The minimum Gasteiger partial charge on any atom is -0.396 e. The van der Waals surface area contributed by atoms with Gasteiger partial charge in [0.05, 0.1) is 19.3 Å². The van der Waals surface area contributed by atoms with Crippen molar-refractivity contribution in [2.45, 2.75) is 24.6 Å². The third-order valence-electron chi connectivity index (χ3n) is 2.26. The van der Waals surface area contributed by atoms with E-state index < -0.39 is 43.7 Å². The minimum absolute atomic E-state index is 0.471. The molecule has 0 bridgehead atoms. The zero-order valence-corrected chi connectivity index (χ0v) is 6.95. The second-order valence-electron chi connectivity index (χ2n) is 3.08. The summed E-state index contributed by atoms with van der Waals surface area (Å²) >= 11 is 0. The quantitative estimate of drug-likeness (QED) is 0.321. The molecule has 5 atom stereocenters. The summed E-state index contributed by atoms with van der Waals surface area (Å²) in [5, 5.41) is 45.3. The highest BCUT2D eigenvalue weighted by molar-refractivity contribution is 4.87. The normalized spacial score (nSPS) is 46.4. The molecule has 0 aromatic heterocycles. The van der Waals surface area contributed by atoms with Crippen molar-refractivity contribution in [3.05, 3.63) is 0 Å². The average molecular weight is 194 g/mol. The Balaban J connectivity index is 2.69. The maximum Gasteiger partial charge on any atom is 0.181 e. The van der Waals surface area contributed by atoms with Gasteiger partial charge in [0.1, 0.15) is 12.2 Å². The Morgan fingerprint density at radius 3 is 2.00 bits per heavy atom. The van der Waals surface area contributed by atoms with Crippen molar-refractivity contribution in [1.82, 2.24) is 0 Å². The fraction of sp³-hybridized carbons (Fsp3) is 1.00. The number of ether oxygens (including phenoxy) is 1. The van der Waals surface area contributed by atoms with E-state index in [4.69, 9.17) is 15.3 Å². The lowest BCUT2D eigenvalue weighted by atomic mass is 9.90. The van der Waals surface area contributed by atoms with Crippen LogP contribution in [0.2, 0.25) is 0 Å². The zero-order chi connectivity index (χ0) is 10.0. The summed E-state index contributed by atoms with van der Waals surface area (Å²) < 4.78 is 4.69. The van der Waals surface area contributed by atoms with E-state index in [-0.39, 0.29) is 0 Å². The van der Waals surface area contributed by atoms with Crippen molar-refractivity contribution in [3.63, 3.8) is 0 Å². The van der Waals surface area contributed by atoms with E-state index in [9.17, 15) is 10.2 Å². The highest BCUT2D eigenvalue weighted by Gasteiger charge is 2.42. The van der Waals surface area contributed by atoms with Gasteiger partial charge in [0.2, 0.25) is 0 Å². The molecular formula is C7H14O6. The molecule has 1 heterocycles. The maximum absolute atomic E-state index is 9.40. The first kappa shape index (κ1) is 10.8. The van der Waals surface area contributed by atoms with Crippen LogP contribution in [0.4, 0.5) is 0 Å².